The van der Waals surface area contributed by atoms with Crippen molar-refractivity contribution in [2.45, 2.75) is 46.1 Å². The van der Waals surface area contributed by atoms with Crippen molar-refractivity contribution in [2.24, 2.45) is 5.92 Å². The van der Waals surface area contributed by atoms with Crippen LogP contribution in [-0.4, -0.2) is 29.5 Å². The highest BCUT2D eigenvalue weighted by Crippen LogP contribution is 2.22. The number of nitrogens with one attached hydrogen (secondary N) is 1. The molecular formula is C16H27N3. The molecular weight excluding hydrogens is 234 g/mol. The van der Waals surface area contributed by atoms with Gasteiger partial charge in [-0.15, -0.1) is 0 Å². The zero-order valence-corrected chi connectivity index (χ0v) is 12.4. The van der Waals surface area contributed by atoms with Crippen LogP contribution in [0.4, 0.5) is 5.82 Å². The van der Waals surface area contributed by atoms with E-state index in [-0.39, 0.29) is 0 Å². The summed E-state index contributed by atoms with van der Waals surface area (Å²) in [5.74, 6) is 1.95. The van der Waals surface area contributed by atoms with Crippen molar-refractivity contribution in [3.05, 3.63) is 23.9 Å². The van der Waals surface area contributed by atoms with Gasteiger partial charge in [0.2, 0.25) is 0 Å². The van der Waals surface area contributed by atoms with Crippen molar-refractivity contribution in [3.8, 4) is 0 Å². The van der Waals surface area contributed by atoms with Crippen molar-refractivity contribution in [3.63, 3.8) is 0 Å². The lowest BCUT2D eigenvalue weighted by molar-refractivity contribution is 0.171. The van der Waals surface area contributed by atoms with Gasteiger partial charge in [-0.25, -0.2) is 4.98 Å². The fourth-order valence-corrected chi connectivity index (χ4v) is 2.90. The van der Waals surface area contributed by atoms with Crippen LogP contribution in [0.5, 0.6) is 0 Å². The van der Waals surface area contributed by atoms with Crippen molar-refractivity contribution in [2.75, 3.05) is 25.0 Å². The second kappa shape index (κ2) is 7.49. The van der Waals surface area contributed by atoms with Gasteiger partial charge >= 0.3 is 0 Å². The minimum absolute atomic E-state index is 0.928. The summed E-state index contributed by atoms with van der Waals surface area (Å²) in [5, 5.41) is 3.23. The molecule has 0 radical (unpaired) electrons. The first-order valence-electron chi connectivity index (χ1n) is 7.73. The van der Waals surface area contributed by atoms with Gasteiger partial charge in [0, 0.05) is 19.3 Å². The number of nitrogens with zero attached hydrogens (tertiary/aromatic N) is 2. The lowest BCUT2D eigenvalue weighted by atomic mass is 9.92. The van der Waals surface area contributed by atoms with Crippen molar-refractivity contribution < 1.29 is 0 Å². The van der Waals surface area contributed by atoms with Gasteiger partial charge in [-0.1, -0.05) is 25.8 Å². The standard InChI is InChI=1S/C16H27N3/c1-3-5-14-8-10-19(11-9-14)13-15-6-7-16(17-4-2)18-12-15/h6-7,12,14H,3-5,8-11,13H2,1-2H3,(H,17,18). The molecule has 1 saturated heterocycles. The van der Waals surface area contributed by atoms with Gasteiger partial charge in [-0.3, -0.25) is 4.90 Å². The molecule has 0 bridgehead atoms. The Balaban J connectivity index is 1.78. The van der Waals surface area contributed by atoms with Crippen LogP contribution in [0.3, 0.4) is 0 Å². The third-order valence-electron chi connectivity index (χ3n) is 3.99. The van der Waals surface area contributed by atoms with E-state index < -0.39 is 0 Å². The van der Waals surface area contributed by atoms with Crippen LogP contribution in [0.15, 0.2) is 18.3 Å². The molecule has 1 N–H and O–H groups in total. The largest absolute Gasteiger partial charge is 0.370 e. The highest BCUT2D eigenvalue weighted by molar-refractivity contribution is 5.35. The van der Waals surface area contributed by atoms with E-state index in [0.717, 1.165) is 24.8 Å². The summed E-state index contributed by atoms with van der Waals surface area (Å²) in [6.45, 7) is 8.87. The minimum Gasteiger partial charge on any atom is -0.370 e. The Labute approximate surface area is 117 Å². The molecule has 106 valence electrons. The average Bonchev–Trinajstić information content (AvgIpc) is 2.44. The monoisotopic (exact) mass is 261 g/mol. The Morgan fingerprint density at radius 2 is 2.05 bits per heavy atom. The molecule has 2 heterocycles. The van der Waals surface area contributed by atoms with Gasteiger partial charge in [0.15, 0.2) is 0 Å². The van der Waals surface area contributed by atoms with E-state index in [2.05, 4.69) is 41.2 Å². The van der Waals surface area contributed by atoms with Gasteiger partial charge in [0.05, 0.1) is 0 Å². The fourth-order valence-electron chi connectivity index (χ4n) is 2.90. The fraction of sp³-hybridized carbons (Fsp3) is 0.688. The molecule has 0 atom stereocenters. The van der Waals surface area contributed by atoms with E-state index in [9.17, 15) is 0 Å². The molecule has 3 heteroatoms. The van der Waals surface area contributed by atoms with Gasteiger partial charge in [-0.05, 0) is 50.4 Å². The summed E-state index contributed by atoms with van der Waals surface area (Å²) in [4.78, 5) is 7.01. The van der Waals surface area contributed by atoms with E-state index in [0.29, 0.717) is 0 Å². The zero-order chi connectivity index (χ0) is 13.5. The molecule has 0 unspecified atom stereocenters. The first-order chi connectivity index (χ1) is 9.31. The van der Waals surface area contributed by atoms with Crippen molar-refractivity contribution >= 4 is 5.82 Å². The van der Waals surface area contributed by atoms with E-state index in [4.69, 9.17) is 0 Å². The summed E-state index contributed by atoms with van der Waals surface area (Å²) in [7, 11) is 0. The SMILES string of the molecule is CCCC1CCN(Cc2ccc(NCC)nc2)CC1. The minimum atomic E-state index is 0.928. The van der Waals surface area contributed by atoms with E-state index in [1.807, 2.05) is 6.20 Å². The predicted octanol–water partition coefficient (Wildman–Crippen LogP) is 3.53. The quantitative estimate of drug-likeness (QED) is 0.849. The summed E-state index contributed by atoms with van der Waals surface area (Å²) >= 11 is 0. The molecule has 3 nitrogen and oxygen atoms in total. The number of rotatable bonds is 6. The smallest absolute Gasteiger partial charge is 0.125 e. The number of anilines is 1. The molecule has 1 aromatic rings. The topological polar surface area (TPSA) is 28.2 Å². The second-order valence-electron chi connectivity index (χ2n) is 5.59. The van der Waals surface area contributed by atoms with Gasteiger partial charge in [0.25, 0.3) is 0 Å². The maximum atomic E-state index is 4.44. The molecule has 19 heavy (non-hydrogen) atoms. The lowest BCUT2D eigenvalue weighted by Crippen LogP contribution is -2.33. The first-order valence-corrected chi connectivity index (χ1v) is 7.73. The van der Waals surface area contributed by atoms with Crippen LogP contribution in [0.1, 0.15) is 45.1 Å². The normalized spacial score (nSPS) is 17.6. The van der Waals surface area contributed by atoms with E-state index in [1.165, 1.54) is 44.3 Å². The van der Waals surface area contributed by atoms with E-state index in [1.54, 1.807) is 0 Å². The maximum Gasteiger partial charge on any atom is 0.125 e. The molecule has 0 aromatic carbocycles. The van der Waals surface area contributed by atoms with Crippen LogP contribution in [0.2, 0.25) is 0 Å². The second-order valence-corrected chi connectivity index (χ2v) is 5.59. The van der Waals surface area contributed by atoms with Crippen LogP contribution in [-0.2, 0) is 6.54 Å². The molecule has 0 aliphatic carbocycles. The molecule has 0 spiro atoms. The van der Waals surface area contributed by atoms with Crippen LogP contribution < -0.4 is 5.32 Å². The number of hydrogen-bond acceptors (Lipinski definition) is 3. The summed E-state index contributed by atoms with van der Waals surface area (Å²) in [5.41, 5.74) is 1.33. The van der Waals surface area contributed by atoms with Crippen LogP contribution >= 0.6 is 0 Å². The Hall–Kier alpha value is -1.09. The summed E-state index contributed by atoms with van der Waals surface area (Å²) < 4.78 is 0. The zero-order valence-electron chi connectivity index (χ0n) is 12.4. The Kier molecular flexibility index (Phi) is 5.64. The Bertz CT molecular complexity index is 353. The average molecular weight is 261 g/mol. The third kappa shape index (κ3) is 4.50. The van der Waals surface area contributed by atoms with Crippen LogP contribution in [0.25, 0.3) is 0 Å². The molecule has 0 amide bonds. The summed E-state index contributed by atoms with van der Waals surface area (Å²) in [6, 6.07) is 4.28. The van der Waals surface area contributed by atoms with Gasteiger partial charge < -0.3 is 5.32 Å². The highest BCUT2D eigenvalue weighted by Gasteiger charge is 2.18. The Morgan fingerprint density at radius 1 is 1.26 bits per heavy atom. The van der Waals surface area contributed by atoms with Gasteiger partial charge in [0.1, 0.15) is 5.82 Å². The maximum absolute atomic E-state index is 4.44. The number of likely N-dealkylation sites (tertiary alicyclic amines) is 1. The molecule has 1 fully saturated rings. The summed E-state index contributed by atoms with van der Waals surface area (Å²) in [6.07, 6.45) is 7.50. The molecule has 1 aliphatic heterocycles. The van der Waals surface area contributed by atoms with E-state index >= 15 is 0 Å². The number of pyridine rings is 1. The number of aromatic nitrogens is 1. The number of hydrogen-bond donors (Lipinski definition) is 1. The molecule has 1 aromatic heterocycles. The first kappa shape index (κ1) is 14.3. The van der Waals surface area contributed by atoms with Crippen LogP contribution in [0, 0.1) is 5.92 Å². The highest BCUT2D eigenvalue weighted by atomic mass is 15.1. The molecule has 1 aliphatic rings. The van der Waals surface area contributed by atoms with Crippen molar-refractivity contribution in [1.29, 1.82) is 0 Å². The Morgan fingerprint density at radius 3 is 2.63 bits per heavy atom. The lowest BCUT2D eigenvalue weighted by Gasteiger charge is -2.31. The third-order valence-corrected chi connectivity index (χ3v) is 3.99. The number of piperidine rings is 1. The molecule has 0 saturated carbocycles. The van der Waals surface area contributed by atoms with Crippen molar-refractivity contribution in [1.82, 2.24) is 9.88 Å². The predicted molar refractivity (Wildman–Crippen MR) is 81.3 cm³/mol. The van der Waals surface area contributed by atoms with Gasteiger partial charge in [-0.2, -0.15) is 0 Å². The molecule has 2 rings (SSSR count).